The average Bonchev–Trinajstić information content (AvgIpc) is 2.46. The summed E-state index contributed by atoms with van der Waals surface area (Å²) in [5.74, 6) is 0.664. The number of aromatic nitrogens is 1. The zero-order chi connectivity index (χ0) is 14.8. The second-order valence-electron chi connectivity index (χ2n) is 6.15. The Labute approximate surface area is 123 Å². The summed E-state index contributed by atoms with van der Waals surface area (Å²) >= 11 is 0. The summed E-state index contributed by atoms with van der Waals surface area (Å²) in [5, 5.41) is 3.93. The smallest absolute Gasteiger partial charge is 0.137 e. The minimum absolute atomic E-state index is 0.227. The van der Waals surface area contributed by atoms with Gasteiger partial charge in [0.1, 0.15) is 5.78 Å². The van der Waals surface area contributed by atoms with Crippen LogP contribution in [0.25, 0.3) is 10.4 Å². The highest BCUT2D eigenvalue weighted by molar-refractivity contribution is 5.83. The van der Waals surface area contributed by atoms with Crippen molar-refractivity contribution in [2.45, 2.75) is 31.7 Å². The van der Waals surface area contributed by atoms with Crippen molar-refractivity contribution in [1.82, 2.24) is 4.98 Å². The molecule has 0 N–H and O–H groups in total. The molecule has 3 unspecified atom stereocenters. The van der Waals surface area contributed by atoms with E-state index in [1.54, 1.807) is 12.4 Å². The largest absolute Gasteiger partial charge is 0.299 e. The summed E-state index contributed by atoms with van der Waals surface area (Å²) in [7, 11) is 0. The van der Waals surface area contributed by atoms with Gasteiger partial charge in [-0.25, -0.2) is 0 Å². The van der Waals surface area contributed by atoms with E-state index < -0.39 is 6.04 Å². The Balaban J connectivity index is 1.96. The molecule has 2 bridgehead atoms. The van der Waals surface area contributed by atoms with Crippen LogP contribution in [0.1, 0.15) is 37.3 Å². The van der Waals surface area contributed by atoms with Crippen LogP contribution in [0, 0.1) is 17.8 Å². The van der Waals surface area contributed by atoms with Gasteiger partial charge in [-0.05, 0) is 48.3 Å². The van der Waals surface area contributed by atoms with Gasteiger partial charge >= 0.3 is 0 Å². The lowest BCUT2D eigenvalue weighted by atomic mass is 9.62. The van der Waals surface area contributed by atoms with Crippen molar-refractivity contribution >= 4 is 5.78 Å². The van der Waals surface area contributed by atoms with Crippen molar-refractivity contribution in [3.63, 3.8) is 0 Å². The van der Waals surface area contributed by atoms with Gasteiger partial charge in [0.2, 0.25) is 0 Å². The Morgan fingerprint density at radius 2 is 2.29 bits per heavy atom. The molecular weight excluding hydrogens is 264 g/mol. The summed E-state index contributed by atoms with van der Waals surface area (Å²) in [6.07, 6.45) is 6.82. The number of nitrogens with zero attached hydrogens (tertiary/aromatic N) is 4. The first kappa shape index (κ1) is 13.8. The molecule has 3 rings (SSSR count). The molecule has 2 aliphatic carbocycles. The standard InChI is InChI=1S/C16H18N4O/c1-10-5-11-7-13(6-10)15(14(21)8-11)16(19-20-17)12-3-2-4-18-9-12/h2-4,9,11,13,15-16H,1,5-8H2/t11?,13?,15-,16?/m0/s1. The van der Waals surface area contributed by atoms with E-state index in [0.29, 0.717) is 12.3 Å². The fourth-order valence-electron chi connectivity index (χ4n) is 3.96. The first-order chi connectivity index (χ1) is 10.2. The minimum Gasteiger partial charge on any atom is -0.299 e. The number of hydrogen-bond donors (Lipinski definition) is 0. The maximum absolute atomic E-state index is 12.6. The van der Waals surface area contributed by atoms with Crippen molar-refractivity contribution in [3.05, 3.63) is 52.7 Å². The van der Waals surface area contributed by atoms with Crippen LogP contribution in [0.5, 0.6) is 0 Å². The maximum atomic E-state index is 12.6. The monoisotopic (exact) mass is 282 g/mol. The molecule has 0 amide bonds. The predicted octanol–water partition coefficient (Wildman–Crippen LogP) is 3.99. The summed E-state index contributed by atoms with van der Waals surface area (Å²) in [6, 6.07) is 3.24. The molecule has 108 valence electrons. The van der Waals surface area contributed by atoms with Crippen LogP contribution in [0.15, 0.2) is 41.8 Å². The molecule has 0 spiro atoms. The van der Waals surface area contributed by atoms with Crippen molar-refractivity contribution in [2.24, 2.45) is 22.9 Å². The molecule has 5 nitrogen and oxygen atoms in total. The number of azide groups is 1. The number of carbonyl (C=O) groups excluding carboxylic acids is 1. The molecule has 2 fully saturated rings. The van der Waals surface area contributed by atoms with Gasteiger partial charge in [-0.3, -0.25) is 9.78 Å². The first-order valence-electron chi connectivity index (χ1n) is 7.32. The van der Waals surface area contributed by atoms with Crippen LogP contribution in [0.4, 0.5) is 0 Å². The molecule has 0 aliphatic heterocycles. The molecule has 2 aliphatic rings. The number of carbonyl (C=O) groups is 1. The lowest BCUT2D eigenvalue weighted by Crippen LogP contribution is -2.39. The number of pyridine rings is 1. The van der Waals surface area contributed by atoms with E-state index in [1.807, 2.05) is 12.1 Å². The molecule has 1 heterocycles. The topological polar surface area (TPSA) is 78.7 Å². The fraction of sp³-hybridized carbons (Fsp3) is 0.500. The highest BCUT2D eigenvalue weighted by Gasteiger charge is 2.43. The Morgan fingerprint density at radius 1 is 1.43 bits per heavy atom. The molecule has 2 saturated carbocycles. The third-order valence-electron chi connectivity index (χ3n) is 4.68. The van der Waals surface area contributed by atoms with Crippen molar-refractivity contribution in [2.75, 3.05) is 0 Å². The quantitative estimate of drug-likeness (QED) is 0.363. The SMILES string of the molecule is C=C1CC2CC(=O)[C@@H](C(N=[N+]=[N-])c3cccnc3)C(C1)C2. The van der Waals surface area contributed by atoms with Gasteiger partial charge in [-0.15, -0.1) is 0 Å². The van der Waals surface area contributed by atoms with Gasteiger partial charge in [0.25, 0.3) is 0 Å². The highest BCUT2D eigenvalue weighted by Crippen LogP contribution is 2.48. The maximum Gasteiger partial charge on any atom is 0.137 e. The molecular formula is C16H18N4O. The predicted molar refractivity (Wildman–Crippen MR) is 79.2 cm³/mol. The van der Waals surface area contributed by atoms with Crippen LogP contribution in [0.3, 0.4) is 0 Å². The third-order valence-corrected chi connectivity index (χ3v) is 4.68. The van der Waals surface area contributed by atoms with Gasteiger partial charge in [0.15, 0.2) is 0 Å². The van der Waals surface area contributed by atoms with Gasteiger partial charge in [0.05, 0.1) is 6.04 Å². The van der Waals surface area contributed by atoms with Gasteiger partial charge in [0, 0.05) is 29.6 Å². The zero-order valence-electron chi connectivity index (χ0n) is 11.9. The molecule has 4 atom stereocenters. The van der Waals surface area contributed by atoms with Crippen LogP contribution < -0.4 is 0 Å². The second-order valence-corrected chi connectivity index (χ2v) is 6.15. The van der Waals surface area contributed by atoms with Crippen LogP contribution in [0.2, 0.25) is 0 Å². The van der Waals surface area contributed by atoms with E-state index in [0.717, 1.165) is 24.8 Å². The molecule has 0 saturated heterocycles. The molecule has 1 aromatic rings. The van der Waals surface area contributed by atoms with Crippen molar-refractivity contribution < 1.29 is 4.79 Å². The van der Waals surface area contributed by atoms with E-state index in [1.165, 1.54) is 5.57 Å². The fourth-order valence-corrected chi connectivity index (χ4v) is 3.96. The number of ketones is 1. The number of rotatable bonds is 3. The Kier molecular flexibility index (Phi) is 3.76. The van der Waals surface area contributed by atoms with Gasteiger partial charge < -0.3 is 0 Å². The molecule has 5 heteroatoms. The molecule has 1 aromatic heterocycles. The Morgan fingerprint density at radius 3 is 3.00 bits per heavy atom. The minimum atomic E-state index is -0.451. The normalized spacial score (nSPS) is 29.6. The van der Waals surface area contributed by atoms with Crippen molar-refractivity contribution in [1.29, 1.82) is 0 Å². The first-order valence-corrected chi connectivity index (χ1v) is 7.32. The van der Waals surface area contributed by atoms with E-state index in [2.05, 4.69) is 21.6 Å². The van der Waals surface area contributed by atoms with Gasteiger partial charge in [-0.1, -0.05) is 23.3 Å². The Hall–Kier alpha value is -2.13. The van der Waals surface area contributed by atoms with Crippen LogP contribution >= 0.6 is 0 Å². The van der Waals surface area contributed by atoms with E-state index in [9.17, 15) is 4.79 Å². The number of allylic oxidation sites excluding steroid dienone is 1. The van der Waals surface area contributed by atoms with Crippen LogP contribution in [-0.4, -0.2) is 10.8 Å². The summed E-state index contributed by atoms with van der Waals surface area (Å²) in [5.41, 5.74) is 10.9. The van der Waals surface area contributed by atoms with E-state index in [-0.39, 0.29) is 17.6 Å². The third kappa shape index (κ3) is 2.69. The van der Waals surface area contributed by atoms with Crippen molar-refractivity contribution in [3.8, 4) is 0 Å². The zero-order valence-corrected chi connectivity index (χ0v) is 11.9. The summed E-state index contributed by atoms with van der Waals surface area (Å²) in [6.45, 7) is 4.11. The van der Waals surface area contributed by atoms with Gasteiger partial charge in [-0.2, -0.15) is 0 Å². The summed E-state index contributed by atoms with van der Waals surface area (Å²) < 4.78 is 0. The summed E-state index contributed by atoms with van der Waals surface area (Å²) in [4.78, 5) is 19.6. The number of hydrogen-bond acceptors (Lipinski definition) is 3. The molecule has 0 aromatic carbocycles. The van der Waals surface area contributed by atoms with E-state index >= 15 is 0 Å². The molecule has 0 radical (unpaired) electrons. The Bertz CT molecular complexity index is 606. The van der Waals surface area contributed by atoms with E-state index in [4.69, 9.17) is 5.53 Å². The van der Waals surface area contributed by atoms with Crippen LogP contribution in [-0.2, 0) is 4.79 Å². The lowest BCUT2D eigenvalue weighted by molar-refractivity contribution is -0.130. The highest BCUT2D eigenvalue weighted by atomic mass is 16.1. The second kappa shape index (κ2) is 5.70. The lowest BCUT2D eigenvalue weighted by Gasteiger charge is -2.42. The number of Topliss-reactive ketones (excluding diaryl/α,β-unsaturated/α-hetero) is 1. The average molecular weight is 282 g/mol. The molecule has 21 heavy (non-hydrogen) atoms. The number of fused-ring (bicyclic) bond motifs is 2.